The third-order valence-corrected chi connectivity index (χ3v) is 8.48. The maximum Gasteiger partial charge on any atom is 0.341 e. The Hall–Kier alpha value is -2.03. The molecule has 150 valence electrons. The van der Waals surface area contributed by atoms with Crippen molar-refractivity contribution >= 4 is 27.3 Å². The van der Waals surface area contributed by atoms with Gasteiger partial charge in [0.05, 0.1) is 29.5 Å². The molecule has 0 unspecified atom stereocenters. The van der Waals surface area contributed by atoms with Crippen LogP contribution in [0.15, 0.2) is 23.1 Å². The largest absolute Gasteiger partial charge is 0.495 e. The van der Waals surface area contributed by atoms with E-state index < -0.39 is 32.3 Å². The fourth-order valence-electron chi connectivity index (χ4n) is 5.90. The van der Waals surface area contributed by atoms with Gasteiger partial charge in [0, 0.05) is 0 Å². The lowest BCUT2D eigenvalue weighted by atomic mass is 9.59. The lowest BCUT2D eigenvalue weighted by molar-refractivity contribution is -0.129. The van der Waals surface area contributed by atoms with Gasteiger partial charge in [-0.05, 0) is 61.1 Å². The smallest absolute Gasteiger partial charge is 0.341 e. The van der Waals surface area contributed by atoms with Crippen molar-refractivity contribution < 1.29 is 31.5 Å². The molecular weight excluding hydrogens is 392 g/mol. The normalized spacial score (nSPS) is 35.9. The van der Waals surface area contributed by atoms with Gasteiger partial charge in [-0.25, -0.2) is 13.3 Å². The molecule has 1 aromatic rings. The number of carbonyl (C=O) groups is 2. The van der Waals surface area contributed by atoms with E-state index in [0.29, 0.717) is 11.8 Å². The Kier molecular flexibility index (Phi) is 3.70. The number of sulfone groups is 1. The standard InChI is InChI=1S/C19H19F2NO5S/c1-27-14-5-2-8(28(25,26)19(20)21)6-13(14)22-17(23)15-9-3-4-10(12-7-11(9)12)16(15)18(22)24/h2,5-6,9-12,15-16,19H,3-4,7H2,1H3/t9-,10+,11-,12+,15-,16+. The molecule has 2 bridgehead atoms. The first-order valence-electron chi connectivity index (χ1n) is 9.35. The monoisotopic (exact) mass is 411 g/mol. The molecule has 28 heavy (non-hydrogen) atoms. The number of benzene rings is 1. The lowest BCUT2D eigenvalue weighted by Gasteiger charge is -2.42. The topological polar surface area (TPSA) is 80.8 Å². The first-order chi connectivity index (χ1) is 13.3. The Morgan fingerprint density at radius 3 is 2.11 bits per heavy atom. The van der Waals surface area contributed by atoms with E-state index in [2.05, 4.69) is 0 Å². The summed E-state index contributed by atoms with van der Waals surface area (Å²) < 4.78 is 55.0. The number of hydrogen-bond acceptors (Lipinski definition) is 5. The first-order valence-corrected chi connectivity index (χ1v) is 10.9. The van der Waals surface area contributed by atoms with Gasteiger partial charge in [0.1, 0.15) is 5.75 Å². The number of rotatable bonds is 4. The summed E-state index contributed by atoms with van der Waals surface area (Å²) >= 11 is 0. The molecule has 4 aliphatic carbocycles. The van der Waals surface area contributed by atoms with E-state index in [1.807, 2.05) is 0 Å². The fourth-order valence-corrected chi connectivity index (χ4v) is 6.64. The Morgan fingerprint density at radius 1 is 1.04 bits per heavy atom. The number of hydrogen-bond donors (Lipinski definition) is 0. The number of imide groups is 1. The van der Waals surface area contributed by atoms with Crippen LogP contribution in [0.2, 0.25) is 0 Å². The van der Waals surface area contributed by atoms with Crippen LogP contribution in [0, 0.1) is 35.5 Å². The molecule has 5 fully saturated rings. The summed E-state index contributed by atoms with van der Waals surface area (Å²) in [5, 5.41) is 0. The molecule has 5 aliphatic rings. The van der Waals surface area contributed by atoms with Crippen LogP contribution >= 0.6 is 0 Å². The van der Waals surface area contributed by atoms with E-state index in [9.17, 15) is 26.8 Å². The number of alkyl halides is 2. The molecule has 2 amide bonds. The molecule has 1 heterocycles. The molecule has 4 saturated carbocycles. The second-order valence-corrected chi connectivity index (χ2v) is 10.1. The van der Waals surface area contributed by atoms with Crippen molar-refractivity contribution in [1.29, 1.82) is 0 Å². The van der Waals surface area contributed by atoms with Crippen molar-refractivity contribution in [1.82, 2.24) is 0 Å². The van der Waals surface area contributed by atoms with Crippen LogP contribution in [0.25, 0.3) is 0 Å². The number of nitrogens with zero attached hydrogens (tertiary/aromatic N) is 1. The minimum absolute atomic E-state index is 0.0679. The molecule has 1 aliphatic heterocycles. The van der Waals surface area contributed by atoms with E-state index in [1.165, 1.54) is 13.2 Å². The first kappa shape index (κ1) is 18.0. The van der Waals surface area contributed by atoms with Crippen molar-refractivity contribution in [3.63, 3.8) is 0 Å². The van der Waals surface area contributed by atoms with Crippen molar-refractivity contribution in [2.75, 3.05) is 12.0 Å². The number of anilines is 1. The van der Waals surface area contributed by atoms with Crippen LogP contribution in [0.3, 0.4) is 0 Å². The van der Waals surface area contributed by atoms with Gasteiger partial charge in [-0.2, -0.15) is 8.78 Å². The van der Waals surface area contributed by atoms with Gasteiger partial charge in [-0.3, -0.25) is 9.59 Å². The van der Waals surface area contributed by atoms with Crippen molar-refractivity contribution in [2.45, 2.75) is 29.9 Å². The number of halogens is 2. The number of methoxy groups -OCH3 is 1. The zero-order valence-corrected chi connectivity index (χ0v) is 15.9. The van der Waals surface area contributed by atoms with Crippen LogP contribution < -0.4 is 9.64 Å². The molecule has 0 spiro atoms. The van der Waals surface area contributed by atoms with Crippen molar-refractivity contribution in [3.8, 4) is 5.75 Å². The molecule has 6 atom stereocenters. The summed E-state index contributed by atoms with van der Waals surface area (Å²) in [7, 11) is -3.55. The van der Waals surface area contributed by atoms with Crippen LogP contribution in [0.5, 0.6) is 5.75 Å². The van der Waals surface area contributed by atoms with Gasteiger partial charge in [0.15, 0.2) is 0 Å². The van der Waals surface area contributed by atoms with E-state index in [1.54, 1.807) is 0 Å². The lowest BCUT2D eigenvalue weighted by Crippen LogP contribution is -2.43. The van der Waals surface area contributed by atoms with E-state index in [4.69, 9.17) is 4.74 Å². The predicted molar refractivity (Wildman–Crippen MR) is 93.5 cm³/mol. The average molecular weight is 411 g/mol. The zero-order chi connectivity index (χ0) is 20.0. The molecule has 1 saturated heterocycles. The van der Waals surface area contributed by atoms with Crippen LogP contribution in [0.4, 0.5) is 14.5 Å². The Morgan fingerprint density at radius 2 is 1.61 bits per heavy atom. The highest BCUT2D eigenvalue weighted by molar-refractivity contribution is 7.91. The highest BCUT2D eigenvalue weighted by atomic mass is 32.2. The van der Waals surface area contributed by atoms with Crippen LogP contribution in [-0.4, -0.2) is 33.1 Å². The summed E-state index contributed by atoms with van der Waals surface area (Å²) in [6, 6.07) is 3.16. The van der Waals surface area contributed by atoms with Gasteiger partial charge < -0.3 is 4.74 Å². The van der Waals surface area contributed by atoms with Gasteiger partial charge >= 0.3 is 5.76 Å². The van der Waals surface area contributed by atoms with Gasteiger partial charge in [-0.1, -0.05) is 0 Å². The highest BCUT2D eigenvalue weighted by Gasteiger charge is 2.68. The third kappa shape index (κ3) is 2.19. The molecule has 0 radical (unpaired) electrons. The quantitative estimate of drug-likeness (QED) is 0.711. The SMILES string of the molecule is COc1ccc(S(=O)(=O)C(F)F)cc1N1C(=O)[C@@H]2[C@@H]3CC[C@@H]([C@@H]4C[C@@H]43)[C@@H]2C1=O. The van der Waals surface area contributed by atoms with Gasteiger partial charge in [-0.15, -0.1) is 0 Å². The van der Waals surface area contributed by atoms with Crippen molar-refractivity contribution in [3.05, 3.63) is 18.2 Å². The summed E-state index contributed by atoms with van der Waals surface area (Å²) in [6.45, 7) is 0. The summed E-state index contributed by atoms with van der Waals surface area (Å²) in [6.07, 6.45) is 2.93. The van der Waals surface area contributed by atoms with Crippen LogP contribution in [0.1, 0.15) is 19.3 Å². The Balaban J connectivity index is 1.60. The summed E-state index contributed by atoms with van der Waals surface area (Å²) in [4.78, 5) is 26.8. The summed E-state index contributed by atoms with van der Waals surface area (Å²) in [5.41, 5.74) is -0.0679. The fraction of sp³-hybridized carbons (Fsp3) is 0.579. The number of ether oxygens (including phenoxy) is 1. The molecule has 1 aromatic carbocycles. The summed E-state index contributed by atoms with van der Waals surface area (Å²) in [5.74, 6) is -3.63. The molecule has 9 heteroatoms. The predicted octanol–water partition coefficient (Wildman–Crippen LogP) is 2.47. The zero-order valence-electron chi connectivity index (χ0n) is 15.0. The minimum atomic E-state index is -4.86. The van der Waals surface area contributed by atoms with E-state index in [-0.39, 0.29) is 35.1 Å². The van der Waals surface area contributed by atoms with E-state index in [0.717, 1.165) is 36.3 Å². The number of fused-ring (bicyclic) bond motifs is 1. The Labute approximate surface area is 160 Å². The number of amides is 2. The molecular formula is C19H19F2NO5S. The highest BCUT2D eigenvalue weighted by Crippen LogP contribution is 2.68. The van der Waals surface area contributed by atoms with E-state index >= 15 is 0 Å². The second kappa shape index (κ2) is 5.75. The third-order valence-electron chi connectivity index (χ3n) is 7.10. The second-order valence-electron chi connectivity index (χ2n) is 8.17. The van der Waals surface area contributed by atoms with Gasteiger partial charge in [0.25, 0.3) is 0 Å². The average Bonchev–Trinajstić information content (AvgIpc) is 3.45. The molecule has 0 N–H and O–H groups in total. The molecule has 6 rings (SSSR count). The maximum atomic E-state index is 13.2. The van der Waals surface area contributed by atoms with Crippen molar-refractivity contribution in [2.24, 2.45) is 35.5 Å². The van der Waals surface area contributed by atoms with Gasteiger partial charge in [0.2, 0.25) is 21.7 Å². The maximum absolute atomic E-state index is 13.2. The minimum Gasteiger partial charge on any atom is -0.495 e. The molecule has 0 aromatic heterocycles. The molecule has 6 nitrogen and oxygen atoms in total. The van der Waals surface area contributed by atoms with Crippen LogP contribution in [-0.2, 0) is 19.4 Å². The number of carbonyl (C=O) groups excluding carboxylic acids is 2. The Bertz CT molecular complexity index is 960.